The summed E-state index contributed by atoms with van der Waals surface area (Å²) in [7, 11) is 0. The molecule has 5 rings (SSSR count). The molecule has 1 N–H and O–H groups in total. The number of benzene rings is 1. The summed E-state index contributed by atoms with van der Waals surface area (Å²) in [4.78, 5) is 19.3. The molecule has 2 aromatic rings. The van der Waals surface area contributed by atoms with Gasteiger partial charge in [-0.15, -0.1) is 0 Å². The Bertz CT molecular complexity index is 873. The molecule has 0 unspecified atom stereocenters. The van der Waals surface area contributed by atoms with Crippen LogP contribution >= 0.6 is 0 Å². The molecule has 1 spiro atoms. The Kier molecular flexibility index (Phi) is 5.47. The second-order valence-corrected chi connectivity index (χ2v) is 9.31. The first-order valence-corrected chi connectivity index (χ1v) is 11.4. The largest absolute Gasteiger partial charge is 0.487 e. The molecule has 30 heavy (non-hydrogen) atoms. The highest BCUT2D eigenvalue weighted by atomic mass is 16.5. The number of aromatic nitrogens is 1. The number of pyridine rings is 1. The predicted octanol–water partition coefficient (Wildman–Crippen LogP) is 3.90. The van der Waals surface area contributed by atoms with Crippen LogP contribution in [0.2, 0.25) is 0 Å². The minimum absolute atomic E-state index is 0.152. The molecule has 1 atom stereocenters. The van der Waals surface area contributed by atoms with Gasteiger partial charge in [-0.05, 0) is 61.3 Å². The lowest BCUT2D eigenvalue weighted by atomic mass is 9.76. The lowest BCUT2D eigenvalue weighted by molar-refractivity contribution is -0.122. The number of likely N-dealkylation sites (tertiary alicyclic amines) is 1. The molecule has 3 heterocycles. The standard InChI is InChI=1S/C25H31N3O2/c29-24(27-17-19-7-8-19)14-21-15-25(30-23-6-2-1-5-22(21)23)9-12-28(13-10-25)18-20-4-3-11-26-16-20/h1-6,11,16,19,21H,7-10,12-15,17-18H2,(H,27,29)/t21-/m0/s1. The summed E-state index contributed by atoms with van der Waals surface area (Å²) in [5, 5.41) is 3.15. The highest BCUT2D eigenvalue weighted by Gasteiger charge is 2.43. The van der Waals surface area contributed by atoms with Gasteiger partial charge in [0.2, 0.25) is 5.91 Å². The number of carbonyl (C=O) groups is 1. The molecular weight excluding hydrogens is 374 g/mol. The normalized spacial score (nSPS) is 22.9. The van der Waals surface area contributed by atoms with Crippen LogP contribution in [0.4, 0.5) is 0 Å². The first kappa shape index (κ1) is 19.6. The van der Waals surface area contributed by atoms with E-state index >= 15 is 0 Å². The number of carbonyl (C=O) groups excluding carboxylic acids is 1. The zero-order valence-electron chi connectivity index (χ0n) is 17.6. The van der Waals surface area contributed by atoms with Crippen LogP contribution in [0.25, 0.3) is 0 Å². The van der Waals surface area contributed by atoms with Crippen molar-refractivity contribution in [3.05, 3.63) is 59.9 Å². The lowest BCUT2D eigenvalue weighted by Crippen LogP contribution is -2.50. The second-order valence-electron chi connectivity index (χ2n) is 9.31. The van der Waals surface area contributed by atoms with E-state index in [0.717, 1.165) is 51.2 Å². The maximum atomic E-state index is 12.6. The summed E-state index contributed by atoms with van der Waals surface area (Å²) >= 11 is 0. The van der Waals surface area contributed by atoms with Gasteiger partial charge in [0.05, 0.1) is 0 Å². The molecule has 1 aromatic carbocycles. The molecule has 0 bridgehead atoms. The number of rotatable bonds is 6. The number of piperidine rings is 1. The molecule has 1 aromatic heterocycles. The van der Waals surface area contributed by atoms with Crippen molar-refractivity contribution in [2.45, 2.75) is 56.6 Å². The Balaban J connectivity index is 1.25. The Hall–Kier alpha value is -2.40. The number of amides is 1. The maximum Gasteiger partial charge on any atom is 0.220 e. The third-order valence-corrected chi connectivity index (χ3v) is 6.92. The number of nitrogens with one attached hydrogen (secondary N) is 1. The van der Waals surface area contributed by atoms with Crippen LogP contribution in [0.1, 0.15) is 55.6 Å². The Morgan fingerprint density at radius 1 is 1.17 bits per heavy atom. The topological polar surface area (TPSA) is 54.5 Å². The van der Waals surface area contributed by atoms with Crippen LogP contribution < -0.4 is 10.1 Å². The average Bonchev–Trinajstić information content (AvgIpc) is 3.60. The SMILES string of the molecule is O=C(C[C@H]1CC2(CCN(Cc3cccnc3)CC2)Oc2ccccc21)NCC1CC1. The molecule has 2 aliphatic heterocycles. The van der Waals surface area contributed by atoms with Crippen molar-refractivity contribution in [3.8, 4) is 5.75 Å². The lowest BCUT2D eigenvalue weighted by Gasteiger charge is -2.47. The van der Waals surface area contributed by atoms with Crippen molar-refractivity contribution >= 4 is 5.91 Å². The van der Waals surface area contributed by atoms with E-state index in [-0.39, 0.29) is 17.4 Å². The molecule has 0 radical (unpaired) electrons. The smallest absolute Gasteiger partial charge is 0.220 e. The number of hydrogen-bond donors (Lipinski definition) is 1. The Morgan fingerprint density at radius 2 is 2.00 bits per heavy atom. The van der Waals surface area contributed by atoms with Gasteiger partial charge in [-0.1, -0.05) is 24.3 Å². The highest BCUT2D eigenvalue weighted by molar-refractivity contribution is 5.77. The van der Waals surface area contributed by atoms with E-state index in [1.165, 1.54) is 24.0 Å². The minimum atomic E-state index is -0.152. The monoisotopic (exact) mass is 405 g/mol. The van der Waals surface area contributed by atoms with Crippen molar-refractivity contribution < 1.29 is 9.53 Å². The zero-order valence-corrected chi connectivity index (χ0v) is 17.6. The van der Waals surface area contributed by atoms with Crippen LogP contribution in [0, 0.1) is 5.92 Å². The van der Waals surface area contributed by atoms with Crippen molar-refractivity contribution in [3.63, 3.8) is 0 Å². The van der Waals surface area contributed by atoms with Gasteiger partial charge in [0.25, 0.3) is 0 Å². The van der Waals surface area contributed by atoms with Gasteiger partial charge >= 0.3 is 0 Å². The first-order chi connectivity index (χ1) is 14.7. The maximum absolute atomic E-state index is 12.6. The van der Waals surface area contributed by atoms with E-state index in [4.69, 9.17) is 4.74 Å². The minimum Gasteiger partial charge on any atom is -0.487 e. The number of para-hydroxylation sites is 1. The molecule has 1 aliphatic carbocycles. The fraction of sp³-hybridized carbons (Fsp3) is 0.520. The van der Waals surface area contributed by atoms with Crippen molar-refractivity contribution in [2.24, 2.45) is 5.92 Å². The molecule has 1 saturated heterocycles. The molecular formula is C25H31N3O2. The summed E-state index contributed by atoms with van der Waals surface area (Å²) in [5.74, 6) is 2.11. The number of hydrogen-bond acceptors (Lipinski definition) is 4. The van der Waals surface area contributed by atoms with Crippen LogP contribution in [-0.2, 0) is 11.3 Å². The van der Waals surface area contributed by atoms with Crippen molar-refractivity contribution in [1.29, 1.82) is 0 Å². The predicted molar refractivity (Wildman–Crippen MR) is 116 cm³/mol. The summed E-state index contributed by atoms with van der Waals surface area (Å²) in [5.41, 5.74) is 2.30. The fourth-order valence-electron chi connectivity index (χ4n) is 4.98. The van der Waals surface area contributed by atoms with Crippen molar-refractivity contribution in [1.82, 2.24) is 15.2 Å². The van der Waals surface area contributed by atoms with Gasteiger partial charge in [-0.25, -0.2) is 0 Å². The van der Waals surface area contributed by atoms with E-state index in [2.05, 4.69) is 39.5 Å². The van der Waals surface area contributed by atoms with E-state index in [1.807, 2.05) is 24.5 Å². The first-order valence-electron chi connectivity index (χ1n) is 11.4. The Morgan fingerprint density at radius 3 is 2.77 bits per heavy atom. The van der Waals surface area contributed by atoms with Gasteiger partial charge in [0.15, 0.2) is 0 Å². The summed E-state index contributed by atoms with van der Waals surface area (Å²) < 4.78 is 6.61. The third kappa shape index (κ3) is 4.51. The van der Waals surface area contributed by atoms with E-state index in [1.54, 1.807) is 0 Å². The van der Waals surface area contributed by atoms with Crippen molar-refractivity contribution in [2.75, 3.05) is 19.6 Å². The van der Waals surface area contributed by atoms with Crippen LogP contribution in [0.3, 0.4) is 0 Å². The molecule has 5 nitrogen and oxygen atoms in total. The summed E-state index contributed by atoms with van der Waals surface area (Å²) in [6, 6.07) is 12.5. The summed E-state index contributed by atoms with van der Waals surface area (Å²) in [6.07, 6.45) is 9.80. The highest BCUT2D eigenvalue weighted by Crippen LogP contribution is 2.46. The fourth-order valence-corrected chi connectivity index (χ4v) is 4.98. The van der Waals surface area contributed by atoms with E-state index in [9.17, 15) is 4.79 Å². The van der Waals surface area contributed by atoms with E-state index < -0.39 is 0 Å². The average molecular weight is 406 g/mol. The van der Waals surface area contributed by atoms with Gasteiger partial charge in [0, 0.05) is 50.9 Å². The second kappa shape index (κ2) is 8.38. The van der Waals surface area contributed by atoms with Gasteiger partial charge in [-0.2, -0.15) is 0 Å². The van der Waals surface area contributed by atoms with Crippen LogP contribution in [-0.4, -0.2) is 41.0 Å². The van der Waals surface area contributed by atoms with Crippen LogP contribution in [0.5, 0.6) is 5.75 Å². The van der Waals surface area contributed by atoms with Gasteiger partial charge in [0.1, 0.15) is 11.4 Å². The molecule has 1 amide bonds. The number of nitrogens with zero attached hydrogens (tertiary/aromatic N) is 2. The molecule has 5 heteroatoms. The van der Waals surface area contributed by atoms with Gasteiger partial charge in [-0.3, -0.25) is 14.7 Å². The van der Waals surface area contributed by atoms with Gasteiger partial charge < -0.3 is 10.1 Å². The molecule has 3 aliphatic rings. The molecule has 2 fully saturated rings. The quantitative estimate of drug-likeness (QED) is 0.792. The van der Waals surface area contributed by atoms with E-state index in [0.29, 0.717) is 12.3 Å². The zero-order chi connectivity index (χ0) is 20.4. The molecule has 158 valence electrons. The Labute approximate surface area is 178 Å². The number of ether oxygens (including phenoxy) is 1. The molecule has 1 saturated carbocycles. The van der Waals surface area contributed by atoms with Crippen LogP contribution in [0.15, 0.2) is 48.8 Å². The number of fused-ring (bicyclic) bond motifs is 1. The summed E-state index contributed by atoms with van der Waals surface area (Å²) in [6.45, 7) is 3.81. The third-order valence-electron chi connectivity index (χ3n) is 6.92.